The van der Waals surface area contributed by atoms with Gasteiger partial charge in [0.15, 0.2) is 5.44 Å². The molecule has 1 N–H and O–H groups in total. The van der Waals surface area contributed by atoms with Gasteiger partial charge in [0.1, 0.15) is 0 Å². The lowest BCUT2D eigenvalue weighted by Crippen LogP contribution is -2.17. The maximum atomic E-state index is 13.4. The van der Waals surface area contributed by atoms with Crippen molar-refractivity contribution in [2.75, 3.05) is 18.5 Å². The standard InChI is InChI=1S/C21H24ClN2O3P/c1-5-26-28(25,27-6-2)21-19(22)20(23-16-10-7-14(3)8-11-16)17-13-15(4)9-12-18(17)24-21/h7-13H,5-6H2,1-4H3,(H,23,24). The zero-order chi connectivity index (χ0) is 20.3. The minimum Gasteiger partial charge on any atom is -0.354 e. The lowest BCUT2D eigenvalue weighted by atomic mass is 10.1. The molecule has 7 heteroatoms. The van der Waals surface area contributed by atoms with E-state index < -0.39 is 7.60 Å². The molecule has 0 saturated carbocycles. The van der Waals surface area contributed by atoms with Crippen LogP contribution in [0.3, 0.4) is 0 Å². The van der Waals surface area contributed by atoms with Crippen LogP contribution in [0.25, 0.3) is 10.9 Å². The van der Waals surface area contributed by atoms with Gasteiger partial charge in [0.25, 0.3) is 0 Å². The van der Waals surface area contributed by atoms with Crippen LogP contribution in [0.4, 0.5) is 11.4 Å². The summed E-state index contributed by atoms with van der Waals surface area (Å²) in [6.07, 6.45) is 0. The first-order valence-corrected chi connectivity index (χ1v) is 11.1. The molecule has 0 unspecified atom stereocenters. The van der Waals surface area contributed by atoms with Gasteiger partial charge in [-0.1, -0.05) is 40.9 Å². The number of nitrogens with one attached hydrogen (secondary N) is 1. The van der Waals surface area contributed by atoms with Crippen molar-refractivity contribution in [2.45, 2.75) is 27.7 Å². The number of halogens is 1. The summed E-state index contributed by atoms with van der Waals surface area (Å²) in [6, 6.07) is 13.8. The molecule has 0 spiro atoms. The molecule has 0 aliphatic heterocycles. The van der Waals surface area contributed by atoms with Gasteiger partial charge >= 0.3 is 7.60 Å². The Balaban J connectivity index is 2.24. The molecule has 0 saturated heterocycles. The molecule has 3 aromatic rings. The molecule has 1 aromatic heterocycles. The molecule has 0 aliphatic carbocycles. The molecule has 148 valence electrons. The number of hydrogen-bond acceptors (Lipinski definition) is 5. The fourth-order valence-corrected chi connectivity index (χ4v) is 5.01. The highest BCUT2D eigenvalue weighted by molar-refractivity contribution is 7.62. The van der Waals surface area contributed by atoms with Crippen molar-refractivity contribution in [3.05, 3.63) is 58.6 Å². The van der Waals surface area contributed by atoms with Crippen molar-refractivity contribution in [3.8, 4) is 0 Å². The van der Waals surface area contributed by atoms with E-state index in [2.05, 4.69) is 10.3 Å². The van der Waals surface area contributed by atoms with Crippen molar-refractivity contribution in [3.63, 3.8) is 0 Å². The molecule has 5 nitrogen and oxygen atoms in total. The second kappa shape index (κ2) is 8.62. The smallest absolute Gasteiger partial charge is 0.354 e. The number of benzene rings is 2. The minimum absolute atomic E-state index is 0.129. The van der Waals surface area contributed by atoms with Gasteiger partial charge in [0.05, 0.1) is 29.4 Å². The Morgan fingerprint density at radius 3 is 2.21 bits per heavy atom. The molecule has 0 aliphatic rings. The summed E-state index contributed by atoms with van der Waals surface area (Å²) >= 11 is 6.72. The van der Waals surface area contributed by atoms with Crippen LogP contribution in [0.2, 0.25) is 5.02 Å². The monoisotopic (exact) mass is 418 g/mol. The van der Waals surface area contributed by atoms with Crippen LogP contribution in [0.5, 0.6) is 0 Å². The van der Waals surface area contributed by atoms with Gasteiger partial charge in [0, 0.05) is 11.1 Å². The molecule has 0 bridgehead atoms. The van der Waals surface area contributed by atoms with Gasteiger partial charge in [-0.15, -0.1) is 0 Å². The Hall–Kier alpha value is -1.91. The SMILES string of the molecule is CCOP(=O)(OCC)c1nc2ccc(C)cc2c(Nc2ccc(C)cc2)c1Cl. The molecular weight excluding hydrogens is 395 g/mol. The van der Waals surface area contributed by atoms with Crippen LogP contribution in [0.15, 0.2) is 42.5 Å². The highest BCUT2D eigenvalue weighted by Gasteiger charge is 2.33. The van der Waals surface area contributed by atoms with E-state index in [9.17, 15) is 4.57 Å². The largest absolute Gasteiger partial charge is 0.381 e. The highest BCUT2D eigenvalue weighted by atomic mass is 35.5. The first-order chi connectivity index (χ1) is 13.4. The lowest BCUT2D eigenvalue weighted by Gasteiger charge is -2.21. The van der Waals surface area contributed by atoms with Crippen LogP contribution in [-0.4, -0.2) is 18.2 Å². The molecule has 0 radical (unpaired) electrons. The summed E-state index contributed by atoms with van der Waals surface area (Å²) in [6.45, 7) is 8.00. The number of pyridine rings is 1. The number of nitrogens with zero attached hydrogens (tertiary/aromatic N) is 1. The number of rotatable bonds is 7. The summed E-state index contributed by atoms with van der Waals surface area (Å²) < 4.78 is 24.4. The van der Waals surface area contributed by atoms with Crippen LogP contribution in [-0.2, 0) is 13.6 Å². The van der Waals surface area contributed by atoms with Gasteiger partial charge in [-0.25, -0.2) is 4.98 Å². The van der Waals surface area contributed by atoms with Crippen molar-refractivity contribution in [1.29, 1.82) is 0 Å². The second-order valence-corrected chi connectivity index (χ2v) is 8.78. The van der Waals surface area contributed by atoms with Crippen molar-refractivity contribution >= 4 is 46.9 Å². The van der Waals surface area contributed by atoms with E-state index in [1.54, 1.807) is 13.8 Å². The molecule has 28 heavy (non-hydrogen) atoms. The first-order valence-electron chi connectivity index (χ1n) is 9.21. The van der Waals surface area contributed by atoms with Crippen LogP contribution >= 0.6 is 19.2 Å². The van der Waals surface area contributed by atoms with Crippen LogP contribution in [0.1, 0.15) is 25.0 Å². The van der Waals surface area contributed by atoms with Gasteiger partial charge < -0.3 is 14.4 Å². The van der Waals surface area contributed by atoms with Crippen LogP contribution < -0.4 is 10.8 Å². The predicted molar refractivity (Wildman–Crippen MR) is 116 cm³/mol. The fraction of sp³-hybridized carbons (Fsp3) is 0.286. The second-order valence-electron chi connectivity index (χ2n) is 6.47. The van der Waals surface area contributed by atoms with E-state index in [-0.39, 0.29) is 23.7 Å². The first kappa shape index (κ1) is 20.8. The maximum Gasteiger partial charge on any atom is 0.381 e. The molecule has 3 rings (SSSR count). The fourth-order valence-electron chi connectivity index (χ4n) is 2.93. The Morgan fingerprint density at radius 2 is 1.61 bits per heavy atom. The normalized spacial score (nSPS) is 11.8. The Morgan fingerprint density at radius 1 is 1.00 bits per heavy atom. The Bertz CT molecular complexity index is 1030. The summed E-state index contributed by atoms with van der Waals surface area (Å²) in [5.41, 5.74) is 4.53. The third-order valence-electron chi connectivity index (χ3n) is 4.24. The Kier molecular flexibility index (Phi) is 6.41. The van der Waals surface area contributed by atoms with Gasteiger partial charge in [0.2, 0.25) is 0 Å². The Labute approximate surface area is 170 Å². The van der Waals surface area contributed by atoms with E-state index in [1.807, 2.05) is 56.3 Å². The zero-order valence-electron chi connectivity index (χ0n) is 16.5. The van der Waals surface area contributed by atoms with Gasteiger partial charge in [-0.3, -0.25) is 4.57 Å². The molecule has 2 aromatic carbocycles. The maximum absolute atomic E-state index is 13.4. The van der Waals surface area contributed by atoms with E-state index in [1.165, 1.54) is 0 Å². The van der Waals surface area contributed by atoms with E-state index in [0.29, 0.717) is 11.2 Å². The predicted octanol–water partition coefficient (Wildman–Crippen LogP) is 6.14. The van der Waals surface area contributed by atoms with Gasteiger partial charge in [-0.05, 0) is 52.0 Å². The van der Waals surface area contributed by atoms with Crippen molar-refractivity contribution < 1.29 is 13.6 Å². The zero-order valence-corrected chi connectivity index (χ0v) is 18.1. The summed E-state index contributed by atoms with van der Waals surface area (Å²) in [7, 11) is -3.65. The number of aromatic nitrogens is 1. The van der Waals surface area contributed by atoms with E-state index in [0.717, 1.165) is 22.2 Å². The van der Waals surface area contributed by atoms with Crippen molar-refractivity contribution in [1.82, 2.24) is 4.98 Å². The lowest BCUT2D eigenvalue weighted by molar-refractivity contribution is 0.229. The number of aryl methyl sites for hydroxylation is 2. The molecule has 0 fully saturated rings. The van der Waals surface area contributed by atoms with E-state index in [4.69, 9.17) is 20.6 Å². The summed E-state index contributed by atoms with van der Waals surface area (Å²) in [5, 5.41) is 4.44. The summed E-state index contributed by atoms with van der Waals surface area (Å²) in [4.78, 5) is 4.56. The number of anilines is 2. The topological polar surface area (TPSA) is 60.5 Å². The van der Waals surface area contributed by atoms with Crippen molar-refractivity contribution in [2.24, 2.45) is 0 Å². The quantitative estimate of drug-likeness (QED) is 0.467. The number of hydrogen-bond donors (Lipinski definition) is 1. The third kappa shape index (κ3) is 4.23. The van der Waals surface area contributed by atoms with Crippen LogP contribution in [0, 0.1) is 13.8 Å². The number of fused-ring (bicyclic) bond motifs is 1. The molecule has 0 amide bonds. The van der Waals surface area contributed by atoms with Gasteiger partial charge in [-0.2, -0.15) is 0 Å². The average Bonchev–Trinajstić information content (AvgIpc) is 2.66. The molecule has 1 heterocycles. The van der Waals surface area contributed by atoms with E-state index >= 15 is 0 Å². The summed E-state index contributed by atoms with van der Waals surface area (Å²) in [5.74, 6) is 0. The molecular formula is C21H24ClN2O3P. The third-order valence-corrected chi connectivity index (χ3v) is 6.78. The highest BCUT2D eigenvalue weighted by Crippen LogP contribution is 2.50. The minimum atomic E-state index is -3.65. The average molecular weight is 419 g/mol. The molecule has 0 atom stereocenters.